The van der Waals surface area contributed by atoms with Crippen molar-refractivity contribution in [1.82, 2.24) is 25.3 Å². The first-order valence-electron chi connectivity index (χ1n) is 11.4. The number of guanidine groups is 1. The van der Waals surface area contributed by atoms with Crippen LogP contribution in [0.2, 0.25) is 0 Å². The van der Waals surface area contributed by atoms with E-state index >= 15 is 0 Å². The fourth-order valence-corrected chi connectivity index (χ4v) is 3.95. The second kappa shape index (κ2) is 10.8. The largest absolute Gasteiger partial charge is 0.383 e. The fraction of sp³-hybridized carbons (Fsp3) is 0.583. The number of aromatic nitrogens is 2. The third-order valence-electron chi connectivity index (χ3n) is 6.04. The van der Waals surface area contributed by atoms with Gasteiger partial charge in [0.05, 0.1) is 19.3 Å². The van der Waals surface area contributed by atoms with Crippen LogP contribution < -0.4 is 10.6 Å². The molecule has 2 atom stereocenters. The molecular weight excluding hydrogens is 388 g/mol. The van der Waals surface area contributed by atoms with Gasteiger partial charge in [-0.15, -0.1) is 0 Å². The third kappa shape index (κ3) is 6.80. The molecule has 2 unspecified atom stereocenters. The van der Waals surface area contributed by atoms with Gasteiger partial charge in [0.15, 0.2) is 5.96 Å². The molecule has 170 valence electrons. The molecular formula is C24H38N6O. The number of aliphatic hydroxyl groups is 1. The molecule has 1 aromatic heterocycles. The SMILES string of the molecule is CCNC(=NCc1ccc(CN2CCCCC2C)cc1)NCC(C)(O)c1cnn(C)c1. The van der Waals surface area contributed by atoms with Gasteiger partial charge >= 0.3 is 0 Å². The molecule has 1 saturated heterocycles. The molecule has 0 amide bonds. The van der Waals surface area contributed by atoms with E-state index in [1.807, 2.05) is 20.2 Å². The zero-order valence-electron chi connectivity index (χ0n) is 19.4. The fourth-order valence-electron chi connectivity index (χ4n) is 3.95. The van der Waals surface area contributed by atoms with Crippen LogP contribution in [-0.2, 0) is 25.7 Å². The van der Waals surface area contributed by atoms with Crippen LogP contribution in [-0.4, -0.2) is 51.4 Å². The molecule has 1 aliphatic rings. The van der Waals surface area contributed by atoms with Gasteiger partial charge in [0.25, 0.3) is 0 Å². The van der Waals surface area contributed by atoms with Gasteiger partial charge in [0.1, 0.15) is 5.60 Å². The van der Waals surface area contributed by atoms with E-state index in [4.69, 9.17) is 4.99 Å². The summed E-state index contributed by atoms with van der Waals surface area (Å²) in [5.41, 5.74) is 2.28. The highest BCUT2D eigenvalue weighted by Gasteiger charge is 2.25. The molecule has 0 radical (unpaired) electrons. The lowest BCUT2D eigenvalue weighted by Crippen LogP contribution is -2.44. The van der Waals surface area contributed by atoms with Crippen LogP contribution >= 0.6 is 0 Å². The van der Waals surface area contributed by atoms with Crippen molar-refractivity contribution in [3.05, 3.63) is 53.3 Å². The molecule has 7 heteroatoms. The van der Waals surface area contributed by atoms with Crippen LogP contribution in [0.3, 0.4) is 0 Å². The zero-order chi connectivity index (χ0) is 22.3. The summed E-state index contributed by atoms with van der Waals surface area (Å²) in [5, 5.41) is 21.4. The number of rotatable bonds is 8. The zero-order valence-corrected chi connectivity index (χ0v) is 19.4. The second-order valence-electron chi connectivity index (χ2n) is 8.86. The Kier molecular flexibility index (Phi) is 8.09. The highest BCUT2D eigenvalue weighted by atomic mass is 16.3. The number of likely N-dealkylation sites (tertiary alicyclic amines) is 1. The van der Waals surface area contributed by atoms with E-state index in [1.54, 1.807) is 17.8 Å². The van der Waals surface area contributed by atoms with Crippen LogP contribution in [0.4, 0.5) is 0 Å². The number of nitrogens with one attached hydrogen (secondary N) is 2. The summed E-state index contributed by atoms with van der Waals surface area (Å²) in [5.74, 6) is 0.692. The minimum absolute atomic E-state index is 0.345. The van der Waals surface area contributed by atoms with Gasteiger partial charge in [-0.2, -0.15) is 5.10 Å². The molecule has 31 heavy (non-hydrogen) atoms. The van der Waals surface area contributed by atoms with Crippen LogP contribution in [0.25, 0.3) is 0 Å². The van der Waals surface area contributed by atoms with Crippen LogP contribution in [0.1, 0.15) is 56.7 Å². The number of hydrogen-bond donors (Lipinski definition) is 3. The average Bonchev–Trinajstić information content (AvgIpc) is 3.20. The Balaban J connectivity index is 1.55. The predicted molar refractivity (Wildman–Crippen MR) is 126 cm³/mol. The molecule has 0 spiro atoms. The topological polar surface area (TPSA) is 77.7 Å². The first-order valence-corrected chi connectivity index (χ1v) is 11.4. The van der Waals surface area contributed by atoms with Gasteiger partial charge in [0, 0.05) is 37.9 Å². The minimum atomic E-state index is -1.03. The molecule has 3 N–H and O–H groups in total. The molecule has 0 saturated carbocycles. The number of aryl methyl sites for hydroxylation is 1. The van der Waals surface area contributed by atoms with Crippen LogP contribution in [0.5, 0.6) is 0 Å². The molecule has 2 aromatic rings. The lowest BCUT2D eigenvalue weighted by atomic mass is 10.00. The highest BCUT2D eigenvalue weighted by molar-refractivity contribution is 5.79. The quantitative estimate of drug-likeness (QED) is 0.447. The summed E-state index contributed by atoms with van der Waals surface area (Å²) in [6.07, 6.45) is 7.50. The van der Waals surface area contributed by atoms with Crippen molar-refractivity contribution in [1.29, 1.82) is 0 Å². The number of benzene rings is 1. The number of piperidine rings is 1. The number of aliphatic imine (C=N–C) groups is 1. The molecule has 0 aliphatic carbocycles. The maximum atomic E-state index is 10.8. The summed E-state index contributed by atoms with van der Waals surface area (Å²) in [6.45, 7) is 10.1. The Morgan fingerprint density at radius 2 is 1.97 bits per heavy atom. The lowest BCUT2D eigenvalue weighted by molar-refractivity contribution is 0.0616. The second-order valence-corrected chi connectivity index (χ2v) is 8.86. The Bertz CT molecular complexity index is 842. The van der Waals surface area contributed by atoms with Crippen molar-refractivity contribution in [3.8, 4) is 0 Å². The van der Waals surface area contributed by atoms with E-state index in [0.717, 1.165) is 18.7 Å². The summed E-state index contributed by atoms with van der Waals surface area (Å²) >= 11 is 0. The Morgan fingerprint density at radius 1 is 1.23 bits per heavy atom. The van der Waals surface area contributed by atoms with Crippen LogP contribution in [0.15, 0.2) is 41.7 Å². The maximum absolute atomic E-state index is 10.8. The first kappa shape index (κ1) is 23.3. The molecule has 1 aliphatic heterocycles. The Hall–Kier alpha value is -2.38. The van der Waals surface area contributed by atoms with Crippen molar-refractivity contribution in [2.24, 2.45) is 12.0 Å². The molecule has 7 nitrogen and oxygen atoms in total. The number of hydrogen-bond acceptors (Lipinski definition) is 4. The number of nitrogens with zero attached hydrogens (tertiary/aromatic N) is 4. The molecule has 0 bridgehead atoms. The van der Waals surface area contributed by atoms with E-state index in [-0.39, 0.29) is 0 Å². The Labute approximate surface area is 186 Å². The van der Waals surface area contributed by atoms with Gasteiger partial charge in [-0.3, -0.25) is 9.58 Å². The smallest absolute Gasteiger partial charge is 0.191 e. The van der Waals surface area contributed by atoms with Gasteiger partial charge in [0.2, 0.25) is 0 Å². The maximum Gasteiger partial charge on any atom is 0.191 e. The van der Waals surface area contributed by atoms with E-state index < -0.39 is 5.60 Å². The first-order chi connectivity index (χ1) is 14.9. The van der Waals surface area contributed by atoms with Gasteiger partial charge in [-0.25, -0.2) is 4.99 Å². The average molecular weight is 427 g/mol. The predicted octanol–water partition coefficient (Wildman–Crippen LogP) is 2.76. The molecule has 1 fully saturated rings. The monoisotopic (exact) mass is 426 g/mol. The van der Waals surface area contributed by atoms with E-state index in [0.29, 0.717) is 25.1 Å². The molecule has 2 heterocycles. The summed E-state index contributed by atoms with van der Waals surface area (Å²) < 4.78 is 1.69. The highest BCUT2D eigenvalue weighted by Crippen LogP contribution is 2.20. The summed E-state index contributed by atoms with van der Waals surface area (Å²) in [6, 6.07) is 9.46. The van der Waals surface area contributed by atoms with Gasteiger partial charge in [-0.1, -0.05) is 30.7 Å². The lowest BCUT2D eigenvalue weighted by Gasteiger charge is -2.33. The van der Waals surface area contributed by atoms with Crippen molar-refractivity contribution >= 4 is 5.96 Å². The summed E-state index contributed by atoms with van der Waals surface area (Å²) in [4.78, 5) is 7.28. The molecule has 1 aromatic carbocycles. The van der Waals surface area contributed by atoms with E-state index in [9.17, 15) is 5.11 Å². The van der Waals surface area contributed by atoms with E-state index in [1.165, 1.54) is 36.9 Å². The third-order valence-corrected chi connectivity index (χ3v) is 6.04. The van der Waals surface area contributed by atoms with Crippen molar-refractivity contribution in [2.45, 2.75) is 64.8 Å². The minimum Gasteiger partial charge on any atom is -0.383 e. The molecule has 3 rings (SSSR count). The van der Waals surface area contributed by atoms with Crippen LogP contribution in [0, 0.1) is 0 Å². The van der Waals surface area contributed by atoms with Crippen molar-refractivity contribution in [2.75, 3.05) is 19.6 Å². The van der Waals surface area contributed by atoms with Crippen molar-refractivity contribution < 1.29 is 5.11 Å². The van der Waals surface area contributed by atoms with Crippen molar-refractivity contribution in [3.63, 3.8) is 0 Å². The normalized spacial score (nSPS) is 19.8. The Morgan fingerprint density at radius 3 is 2.61 bits per heavy atom. The van der Waals surface area contributed by atoms with Gasteiger partial charge in [-0.05, 0) is 51.3 Å². The van der Waals surface area contributed by atoms with Gasteiger partial charge < -0.3 is 15.7 Å². The summed E-state index contributed by atoms with van der Waals surface area (Å²) in [7, 11) is 1.84. The standard InChI is InChI=1S/C24H38N6O/c1-5-25-23(27-18-24(3,31)22-15-28-29(4)17-22)26-14-20-9-11-21(12-10-20)16-30-13-7-6-8-19(30)2/h9-12,15,17,19,31H,5-8,13-14,16,18H2,1-4H3,(H2,25,26,27). The van der Waals surface area contributed by atoms with E-state index in [2.05, 4.69) is 51.8 Å².